The highest BCUT2D eigenvalue weighted by atomic mass is 16.2. The smallest absolute Gasteiger partial charge is 0.228 e. The predicted molar refractivity (Wildman–Crippen MR) is 75.6 cm³/mol. The molecule has 1 saturated heterocycles. The molecule has 2 aliphatic heterocycles. The lowest BCUT2D eigenvalue weighted by Gasteiger charge is -2.33. The second-order valence-corrected chi connectivity index (χ2v) is 5.48. The van der Waals surface area contributed by atoms with E-state index in [1.807, 2.05) is 11.0 Å². The third kappa shape index (κ3) is 1.71. The van der Waals surface area contributed by atoms with Gasteiger partial charge >= 0.3 is 0 Å². The summed E-state index contributed by atoms with van der Waals surface area (Å²) in [6.07, 6.45) is 4.95. The number of carbonyl (C=O) groups is 1. The highest BCUT2D eigenvalue weighted by Crippen LogP contribution is 2.33. The van der Waals surface area contributed by atoms with Crippen LogP contribution in [0.2, 0.25) is 0 Å². The first-order chi connectivity index (χ1) is 9.84. The first-order valence-corrected chi connectivity index (χ1v) is 7.19. The van der Waals surface area contributed by atoms with E-state index in [2.05, 4.69) is 20.5 Å². The molecule has 0 radical (unpaired) electrons. The number of aromatic nitrogens is 3. The van der Waals surface area contributed by atoms with E-state index in [0.29, 0.717) is 6.42 Å². The number of nitrogens with one attached hydrogen (secondary N) is 2. The molecule has 4 rings (SSSR count). The number of aryl methyl sites for hydroxylation is 1. The first kappa shape index (κ1) is 11.8. The Morgan fingerprint density at radius 1 is 1.25 bits per heavy atom. The van der Waals surface area contributed by atoms with E-state index in [0.717, 1.165) is 54.8 Å². The summed E-state index contributed by atoms with van der Waals surface area (Å²) >= 11 is 0. The van der Waals surface area contributed by atoms with E-state index in [-0.39, 0.29) is 11.9 Å². The van der Waals surface area contributed by atoms with Crippen molar-refractivity contribution in [2.45, 2.75) is 31.7 Å². The lowest BCUT2D eigenvalue weighted by atomic mass is 10.0. The summed E-state index contributed by atoms with van der Waals surface area (Å²) in [6.45, 7) is 1.92. The number of pyridine rings is 1. The quantitative estimate of drug-likeness (QED) is 0.811. The maximum Gasteiger partial charge on any atom is 0.228 e. The average molecular weight is 271 g/mol. The Morgan fingerprint density at radius 3 is 2.95 bits per heavy atom. The van der Waals surface area contributed by atoms with Gasteiger partial charge in [-0.05, 0) is 38.4 Å². The summed E-state index contributed by atoms with van der Waals surface area (Å²) in [6, 6.07) is 2.15. The molecule has 6 heteroatoms. The van der Waals surface area contributed by atoms with Crippen molar-refractivity contribution in [3.05, 3.63) is 18.0 Å². The molecule has 20 heavy (non-hydrogen) atoms. The zero-order chi connectivity index (χ0) is 13.5. The number of H-pyrrole nitrogens is 1. The fourth-order valence-electron chi connectivity index (χ4n) is 3.28. The summed E-state index contributed by atoms with van der Waals surface area (Å²) in [5.41, 5.74) is 1.94. The maximum atomic E-state index is 12.6. The van der Waals surface area contributed by atoms with Crippen LogP contribution in [-0.4, -0.2) is 40.2 Å². The van der Waals surface area contributed by atoms with Gasteiger partial charge in [-0.3, -0.25) is 14.8 Å². The molecule has 1 fully saturated rings. The molecule has 4 heterocycles. The molecule has 0 aliphatic carbocycles. The van der Waals surface area contributed by atoms with Gasteiger partial charge < -0.3 is 5.32 Å². The van der Waals surface area contributed by atoms with Crippen LogP contribution in [0.5, 0.6) is 0 Å². The molecular weight excluding hydrogens is 254 g/mol. The van der Waals surface area contributed by atoms with Gasteiger partial charge in [-0.25, -0.2) is 4.98 Å². The van der Waals surface area contributed by atoms with Crippen LogP contribution in [0.3, 0.4) is 0 Å². The molecule has 104 valence electrons. The number of hydrogen-bond acceptors (Lipinski definition) is 4. The van der Waals surface area contributed by atoms with E-state index in [1.54, 1.807) is 6.20 Å². The number of hydrogen-bond donors (Lipinski definition) is 2. The molecule has 6 nitrogen and oxygen atoms in total. The standard InChI is InChI=1S/C14H17N5O/c20-12-2-1-10-13-11(18-17-10)5-8-16-14(13)19(12)9-3-6-15-7-4-9/h5,8-9,15H,1-4,6-7H2,(H,17,18). The number of carbonyl (C=O) groups excluding carboxylic acids is 1. The molecule has 0 saturated carbocycles. The largest absolute Gasteiger partial charge is 0.317 e. The Morgan fingerprint density at radius 2 is 2.10 bits per heavy atom. The minimum Gasteiger partial charge on any atom is -0.317 e. The fourth-order valence-corrected chi connectivity index (χ4v) is 3.28. The molecular formula is C14H17N5O. The Bertz CT molecular complexity index is 659. The van der Waals surface area contributed by atoms with Gasteiger partial charge in [-0.1, -0.05) is 0 Å². The maximum absolute atomic E-state index is 12.6. The monoisotopic (exact) mass is 271 g/mol. The molecule has 0 atom stereocenters. The normalized spacial score (nSPS) is 20.4. The molecule has 1 amide bonds. The van der Waals surface area contributed by atoms with Crippen LogP contribution >= 0.6 is 0 Å². The SMILES string of the molecule is O=C1CCc2[nH]nc3ccnc(c23)N1C1CCNCC1. The first-order valence-electron chi connectivity index (χ1n) is 7.19. The lowest BCUT2D eigenvalue weighted by Crippen LogP contribution is -2.46. The summed E-state index contributed by atoms with van der Waals surface area (Å²) in [4.78, 5) is 19.0. The van der Waals surface area contributed by atoms with E-state index in [9.17, 15) is 4.79 Å². The molecule has 2 N–H and O–H groups in total. The summed E-state index contributed by atoms with van der Waals surface area (Å²) in [7, 11) is 0. The van der Waals surface area contributed by atoms with Gasteiger partial charge in [0.25, 0.3) is 0 Å². The van der Waals surface area contributed by atoms with Crippen LogP contribution in [0.4, 0.5) is 5.82 Å². The molecule has 0 spiro atoms. The van der Waals surface area contributed by atoms with Gasteiger partial charge in [0, 0.05) is 24.4 Å². The van der Waals surface area contributed by atoms with Gasteiger partial charge in [0.05, 0.1) is 10.9 Å². The van der Waals surface area contributed by atoms with Gasteiger partial charge in [0.2, 0.25) is 5.91 Å². The molecule has 2 aromatic rings. The van der Waals surface area contributed by atoms with Crippen molar-refractivity contribution in [1.82, 2.24) is 20.5 Å². The van der Waals surface area contributed by atoms with Crippen molar-refractivity contribution in [3.63, 3.8) is 0 Å². The van der Waals surface area contributed by atoms with Crippen molar-refractivity contribution >= 4 is 22.6 Å². The van der Waals surface area contributed by atoms with Crippen LogP contribution in [-0.2, 0) is 11.2 Å². The Hall–Kier alpha value is -1.95. The highest BCUT2D eigenvalue weighted by molar-refractivity contribution is 6.04. The van der Waals surface area contributed by atoms with Crippen molar-refractivity contribution in [2.24, 2.45) is 0 Å². The van der Waals surface area contributed by atoms with Crippen molar-refractivity contribution < 1.29 is 4.79 Å². The summed E-state index contributed by atoms with van der Waals surface area (Å²) < 4.78 is 0. The molecule has 0 bridgehead atoms. The van der Waals surface area contributed by atoms with Crippen LogP contribution in [0.1, 0.15) is 25.0 Å². The topological polar surface area (TPSA) is 73.9 Å². The number of nitrogens with zero attached hydrogens (tertiary/aromatic N) is 3. The van der Waals surface area contributed by atoms with Crippen molar-refractivity contribution in [3.8, 4) is 0 Å². The predicted octanol–water partition coefficient (Wildman–Crippen LogP) is 0.989. The second-order valence-electron chi connectivity index (χ2n) is 5.48. The zero-order valence-corrected chi connectivity index (χ0v) is 11.2. The Kier molecular flexibility index (Phi) is 2.70. The third-order valence-corrected chi connectivity index (χ3v) is 4.28. The van der Waals surface area contributed by atoms with Crippen LogP contribution in [0, 0.1) is 0 Å². The van der Waals surface area contributed by atoms with Crippen LogP contribution in [0.25, 0.3) is 10.9 Å². The van der Waals surface area contributed by atoms with Gasteiger partial charge in [-0.2, -0.15) is 5.10 Å². The number of anilines is 1. The number of aromatic amines is 1. The second kappa shape index (κ2) is 4.56. The van der Waals surface area contributed by atoms with Crippen molar-refractivity contribution in [2.75, 3.05) is 18.0 Å². The molecule has 2 aliphatic rings. The van der Waals surface area contributed by atoms with Crippen molar-refractivity contribution in [1.29, 1.82) is 0 Å². The van der Waals surface area contributed by atoms with E-state index >= 15 is 0 Å². The lowest BCUT2D eigenvalue weighted by molar-refractivity contribution is -0.119. The molecule has 2 aromatic heterocycles. The Balaban J connectivity index is 1.87. The summed E-state index contributed by atoms with van der Waals surface area (Å²) in [5.74, 6) is 0.974. The highest BCUT2D eigenvalue weighted by Gasteiger charge is 2.32. The van der Waals surface area contributed by atoms with Gasteiger partial charge in [0.1, 0.15) is 5.82 Å². The molecule has 0 unspecified atom stereocenters. The van der Waals surface area contributed by atoms with E-state index in [1.165, 1.54) is 0 Å². The fraction of sp³-hybridized carbons (Fsp3) is 0.500. The van der Waals surface area contributed by atoms with Gasteiger partial charge in [-0.15, -0.1) is 0 Å². The zero-order valence-electron chi connectivity index (χ0n) is 11.2. The number of piperidine rings is 1. The van der Waals surface area contributed by atoms with E-state index in [4.69, 9.17) is 0 Å². The average Bonchev–Trinajstić information content (AvgIpc) is 2.84. The molecule has 0 aromatic carbocycles. The van der Waals surface area contributed by atoms with E-state index < -0.39 is 0 Å². The minimum atomic E-state index is 0.182. The number of amides is 1. The Labute approximate surface area is 116 Å². The van der Waals surface area contributed by atoms with Crippen LogP contribution in [0.15, 0.2) is 12.3 Å². The minimum absolute atomic E-state index is 0.182. The van der Waals surface area contributed by atoms with Crippen LogP contribution < -0.4 is 10.2 Å². The summed E-state index contributed by atoms with van der Waals surface area (Å²) in [5, 5.41) is 11.8. The van der Waals surface area contributed by atoms with Gasteiger partial charge in [0.15, 0.2) is 0 Å². The number of rotatable bonds is 1. The third-order valence-electron chi connectivity index (χ3n) is 4.28.